The summed E-state index contributed by atoms with van der Waals surface area (Å²) in [6, 6.07) is 13.5. The second-order valence-electron chi connectivity index (χ2n) is 7.54. The van der Waals surface area contributed by atoms with Gasteiger partial charge in [-0.15, -0.1) is 0 Å². The van der Waals surface area contributed by atoms with Crippen molar-refractivity contribution in [1.29, 1.82) is 0 Å². The third-order valence-corrected chi connectivity index (χ3v) is 5.32. The second kappa shape index (κ2) is 8.57. The molecule has 0 saturated carbocycles. The smallest absolute Gasteiger partial charge is 0.335 e. The van der Waals surface area contributed by atoms with Crippen molar-refractivity contribution < 1.29 is 18.7 Å². The van der Waals surface area contributed by atoms with E-state index in [0.717, 1.165) is 55.3 Å². The highest BCUT2D eigenvalue weighted by atomic mass is 19.1. The predicted octanol–water partition coefficient (Wildman–Crippen LogP) is 4.48. The lowest BCUT2D eigenvalue weighted by Gasteiger charge is -2.31. The molecule has 4 rings (SSSR count). The van der Waals surface area contributed by atoms with Gasteiger partial charge in [0, 0.05) is 25.4 Å². The molecule has 0 amide bonds. The first-order chi connectivity index (χ1) is 14.1. The van der Waals surface area contributed by atoms with Crippen molar-refractivity contribution in [2.45, 2.75) is 31.7 Å². The van der Waals surface area contributed by atoms with Crippen molar-refractivity contribution in [2.75, 3.05) is 13.1 Å². The van der Waals surface area contributed by atoms with Crippen molar-refractivity contribution in [2.24, 2.45) is 0 Å². The number of rotatable bonds is 6. The number of halogens is 1. The minimum Gasteiger partial charge on any atom is -0.478 e. The van der Waals surface area contributed by atoms with Crippen molar-refractivity contribution in [3.63, 3.8) is 0 Å². The van der Waals surface area contributed by atoms with E-state index in [1.165, 1.54) is 12.1 Å². The summed E-state index contributed by atoms with van der Waals surface area (Å²) in [5, 5.41) is 9.02. The van der Waals surface area contributed by atoms with E-state index in [0.29, 0.717) is 12.0 Å². The Morgan fingerprint density at radius 2 is 1.86 bits per heavy atom. The van der Waals surface area contributed by atoms with E-state index >= 15 is 0 Å². The zero-order chi connectivity index (χ0) is 20.2. The van der Waals surface area contributed by atoms with Crippen LogP contribution in [0.4, 0.5) is 4.39 Å². The Hall–Kier alpha value is -2.99. The van der Waals surface area contributed by atoms with Crippen LogP contribution in [0.5, 0.6) is 0 Å². The Bertz CT molecular complexity index is 967. The number of likely N-dealkylation sites (tertiary alicyclic amines) is 1. The topological polar surface area (TPSA) is 66.6 Å². The summed E-state index contributed by atoms with van der Waals surface area (Å²) in [7, 11) is 0. The van der Waals surface area contributed by atoms with Crippen LogP contribution in [0, 0.1) is 5.82 Å². The lowest BCUT2D eigenvalue weighted by molar-refractivity contribution is 0.0697. The van der Waals surface area contributed by atoms with E-state index in [9.17, 15) is 9.18 Å². The van der Waals surface area contributed by atoms with Gasteiger partial charge < -0.3 is 9.52 Å². The third kappa shape index (κ3) is 4.90. The van der Waals surface area contributed by atoms with E-state index < -0.39 is 5.97 Å². The molecule has 0 spiro atoms. The molecule has 5 nitrogen and oxygen atoms in total. The van der Waals surface area contributed by atoms with Gasteiger partial charge in [-0.2, -0.15) is 0 Å². The van der Waals surface area contributed by atoms with Gasteiger partial charge in [0.1, 0.15) is 11.6 Å². The van der Waals surface area contributed by atoms with Crippen LogP contribution in [0.15, 0.2) is 59.1 Å². The number of oxazole rings is 1. The number of carboxylic acid groups (broad SMARTS) is 1. The quantitative estimate of drug-likeness (QED) is 0.668. The number of carboxylic acids is 1. The molecule has 1 N–H and O–H groups in total. The number of hydrogen-bond donors (Lipinski definition) is 1. The van der Waals surface area contributed by atoms with Crippen LogP contribution in [-0.2, 0) is 13.0 Å². The second-order valence-corrected chi connectivity index (χ2v) is 7.54. The fourth-order valence-electron chi connectivity index (χ4n) is 3.81. The molecular formula is C23H23FN2O3. The van der Waals surface area contributed by atoms with Crippen LogP contribution in [0.25, 0.3) is 0 Å². The highest BCUT2D eigenvalue weighted by Gasteiger charge is 2.25. The molecule has 1 fully saturated rings. The van der Waals surface area contributed by atoms with Crippen LogP contribution in [0.2, 0.25) is 0 Å². The molecule has 150 valence electrons. The molecule has 2 heterocycles. The van der Waals surface area contributed by atoms with E-state index in [4.69, 9.17) is 9.52 Å². The molecule has 0 aliphatic carbocycles. The minimum absolute atomic E-state index is 0.240. The molecule has 0 bridgehead atoms. The summed E-state index contributed by atoms with van der Waals surface area (Å²) in [5.74, 6) is 0.631. The van der Waals surface area contributed by atoms with Gasteiger partial charge in [0.05, 0.1) is 11.8 Å². The van der Waals surface area contributed by atoms with Crippen LogP contribution in [0.1, 0.15) is 51.9 Å². The van der Waals surface area contributed by atoms with Gasteiger partial charge >= 0.3 is 5.97 Å². The van der Waals surface area contributed by atoms with Crippen molar-refractivity contribution in [1.82, 2.24) is 9.88 Å². The SMILES string of the molecule is O=C(O)c1ccc(CN2CCCC(c3ncc(Cc4ccc(F)cc4)o3)C2)cc1. The Labute approximate surface area is 168 Å². The van der Waals surface area contributed by atoms with Gasteiger partial charge in [-0.05, 0) is 54.8 Å². The third-order valence-electron chi connectivity index (χ3n) is 5.32. The number of carbonyl (C=O) groups is 1. The molecule has 2 aromatic carbocycles. The highest BCUT2D eigenvalue weighted by Crippen LogP contribution is 2.28. The van der Waals surface area contributed by atoms with E-state index in [1.54, 1.807) is 30.5 Å². The van der Waals surface area contributed by atoms with Crippen molar-refractivity contribution in [3.8, 4) is 0 Å². The van der Waals surface area contributed by atoms with Crippen molar-refractivity contribution in [3.05, 3.63) is 88.9 Å². The molecule has 1 atom stereocenters. The monoisotopic (exact) mass is 394 g/mol. The summed E-state index contributed by atoms with van der Waals surface area (Å²) in [6.07, 6.45) is 4.46. The Morgan fingerprint density at radius 3 is 2.59 bits per heavy atom. The molecule has 1 saturated heterocycles. The normalized spacial score (nSPS) is 17.3. The molecule has 0 radical (unpaired) electrons. The maximum absolute atomic E-state index is 13.1. The molecule has 3 aromatic rings. The number of aromatic carboxylic acids is 1. The number of piperidine rings is 1. The predicted molar refractivity (Wildman–Crippen MR) is 106 cm³/mol. The standard InChI is InChI=1S/C23H23FN2O3/c24-20-9-5-16(6-10-20)12-21-13-25-22(29-21)19-2-1-11-26(15-19)14-17-3-7-18(8-4-17)23(27)28/h3-10,13,19H,1-2,11-12,14-15H2,(H,27,28). The van der Waals surface area contributed by atoms with Gasteiger partial charge in [-0.25, -0.2) is 14.2 Å². The lowest BCUT2D eigenvalue weighted by Crippen LogP contribution is -2.34. The molecule has 6 heteroatoms. The van der Waals surface area contributed by atoms with Crippen LogP contribution >= 0.6 is 0 Å². The first-order valence-electron chi connectivity index (χ1n) is 9.80. The van der Waals surface area contributed by atoms with E-state index in [1.807, 2.05) is 12.1 Å². The number of aromatic nitrogens is 1. The zero-order valence-corrected chi connectivity index (χ0v) is 16.1. The Morgan fingerprint density at radius 1 is 1.14 bits per heavy atom. The minimum atomic E-state index is -0.907. The Balaban J connectivity index is 1.37. The maximum Gasteiger partial charge on any atom is 0.335 e. The molecule has 1 aliphatic heterocycles. The highest BCUT2D eigenvalue weighted by molar-refractivity contribution is 5.87. The number of nitrogens with zero attached hydrogens (tertiary/aromatic N) is 2. The zero-order valence-electron chi connectivity index (χ0n) is 16.1. The van der Waals surface area contributed by atoms with Crippen molar-refractivity contribution >= 4 is 5.97 Å². The van der Waals surface area contributed by atoms with Crippen LogP contribution < -0.4 is 0 Å². The molecule has 1 aliphatic rings. The Kier molecular flexibility index (Phi) is 5.71. The average molecular weight is 394 g/mol. The molecule has 29 heavy (non-hydrogen) atoms. The summed E-state index contributed by atoms with van der Waals surface area (Å²) in [4.78, 5) is 17.8. The fourth-order valence-corrected chi connectivity index (χ4v) is 3.81. The van der Waals surface area contributed by atoms with Gasteiger partial charge in [0.2, 0.25) is 0 Å². The van der Waals surface area contributed by atoms with Gasteiger partial charge in [0.25, 0.3) is 0 Å². The number of benzene rings is 2. The fraction of sp³-hybridized carbons (Fsp3) is 0.304. The molecule has 1 unspecified atom stereocenters. The summed E-state index contributed by atoms with van der Waals surface area (Å²) >= 11 is 0. The lowest BCUT2D eigenvalue weighted by atomic mass is 9.97. The summed E-state index contributed by atoms with van der Waals surface area (Å²) < 4.78 is 19.1. The van der Waals surface area contributed by atoms with Crippen LogP contribution in [-0.4, -0.2) is 34.0 Å². The van der Waals surface area contributed by atoms with Crippen LogP contribution in [0.3, 0.4) is 0 Å². The molecule has 1 aromatic heterocycles. The maximum atomic E-state index is 13.1. The van der Waals surface area contributed by atoms with Gasteiger partial charge in [-0.3, -0.25) is 4.90 Å². The summed E-state index contributed by atoms with van der Waals surface area (Å²) in [5.41, 5.74) is 2.39. The number of hydrogen-bond acceptors (Lipinski definition) is 4. The average Bonchev–Trinajstić information content (AvgIpc) is 3.19. The van der Waals surface area contributed by atoms with E-state index in [2.05, 4.69) is 9.88 Å². The largest absolute Gasteiger partial charge is 0.478 e. The first-order valence-corrected chi connectivity index (χ1v) is 9.80. The first kappa shape index (κ1) is 19.3. The van der Waals surface area contributed by atoms with E-state index in [-0.39, 0.29) is 11.7 Å². The molecular weight excluding hydrogens is 371 g/mol. The van der Waals surface area contributed by atoms with Gasteiger partial charge in [-0.1, -0.05) is 24.3 Å². The van der Waals surface area contributed by atoms with Gasteiger partial charge in [0.15, 0.2) is 5.89 Å². The summed E-state index contributed by atoms with van der Waals surface area (Å²) in [6.45, 7) is 2.64.